The van der Waals surface area contributed by atoms with E-state index in [0.29, 0.717) is 17.9 Å². The molecule has 0 atom stereocenters. The predicted octanol–water partition coefficient (Wildman–Crippen LogP) is 2.67. The molecule has 0 radical (unpaired) electrons. The van der Waals surface area contributed by atoms with Gasteiger partial charge in [-0.15, -0.1) is 0 Å². The highest BCUT2D eigenvalue weighted by Crippen LogP contribution is 2.20. The monoisotopic (exact) mass is 280 g/mol. The lowest BCUT2D eigenvalue weighted by Gasteiger charge is -2.11. The summed E-state index contributed by atoms with van der Waals surface area (Å²) in [6.07, 6.45) is 3.18. The topological polar surface area (TPSA) is 73.6 Å². The van der Waals surface area contributed by atoms with Crippen LogP contribution in [0.25, 0.3) is 0 Å². The molecule has 0 aliphatic heterocycles. The maximum atomic E-state index is 11.7. The molecule has 0 aromatic heterocycles. The van der Waals surface area contributed by atoms with Gasteiger partial charge in [0, 0.05) is 20.3 Å². The molecular formula is C15H24N2O3. The van der Waals surface area contributed by atoms with Gasteiger partial charge in [-0.2, -0.15) is 0 Å². The summed E-state index contributed by atoms with van der Waals surface area (Å²) in [6, 6.07) is 5.14. The first-order valence-electron chi connectivity index (χ1n) is 6.98. The molecule has 1 aromatic carbocycles. The number of unbranched alkanes of at least 4 members (excludes halogenated alkanes) is 2. The van der Waals surface area contributed by atoms with Crippen molar-refractivity contribution in [2.24, 2.45) is 0 Å². The molecule has 0 fully saturated rings. The number of nitrogens with one attached hydrogen (secondary N) is 1. The average Bonchev–Trinajstić information content (AvgIpc) is 2.44. The van der Waals surface area contributed by atoms with Gasteiger partial charge >= 0.3 is 5.97 Å². The van der Waals surface area contributed by atoms with E-state index in [1.54, 1.807) is 32.2 Å². The van der Waals surface area contributed by atoms with Crippen LogP contribution in [0.15, 0.2) is 18.2 Å². The Labute approximate surface area is 120 Å². The number of ether oxygens (including phenoxy) is 2. The highest BCUT2D eigenvalue weighted by Gasteiger charge is 2.08. The Morgan fingerprint density at radius 1 is 1.30 bits per heavy atom. The van der Waals surface area contributed by atoms with E-state index in [2.05, 4.69) is 5.32 Å². The molecule has 3 N–H and O–H groups in total. The van der Waals surface area contributed by atoms with Crippen molar-refractivity contribution in [1.82, 2.24) is 0 Å². The standard InChI is InChI=1S/C15H24N2O3/c1-3-20-15(18)12-7-8-13(16)14(11-12)17-9-5-4-6-10-19-2/h7-8,11,17H,3-6,9-10,16H2,1-2H3. The Morgan fingerprint density at radius 2 is 2.10 bits per heavy atom. The average molecular weight is 280 g/mol. The largest absolute Gasteiger partial charge is 0.462 e. The van der Waals surface area contributed by atoms with Gasteiger partial charge in [-0.3, -0.25) is 0 Å². The van der Waals surface area contributed by atoms with Crippen molar-refractivity contribution in [3.63, 3.8) is 0 Å². The number of hydrogen-bond donors (Lipinski definition) is 2. The normalized spacial score (nSPS) is 10.3. The van der Waals surface area contributed by atoms with Crippen molar-refractivity contribution in [3.8, 4) is 0 Å². The summed E-state index contributed by atoms with van der Waals surface area (Å²) in [4.78, 5) is 11.7. The van der Waals surface area contributed by atoms with Gasteiger partial charge in [-0.25, -0.2) is 4.79 Å². The first kappa shape index (κ1) is 16.3. The molecule has 20 heavy (non-hydrogen) atoms. The Balaban J connectivity index is 2.48. The molecule has 0 saturated heterocycles. The maximum Gasteiger partial charge on any atom is 0.338 e. The summed E-state index contributed by atoms with van der Waals surface area (Å²) in [5.41, 5.74) is 7.82. The summed E-state index contributed by atoms with van der Waals surface area (Å²) in [6.45, 7) is 3.76. The minimum absolute atomic E-state index is 0.323. The number of methoxy groups -OCH3 is 1. The van der Waals surface area contributed by atoms with E-state index in [9.17, 15) is 4.79 Å². The number of carbonyl (C=O) groups is 1. The van der Waals surface area contributed by atoms with Crippen molar-refractivity contribution in [2.45, 2.75) is 26.2 Å². The second kappa shape index (κ2) is 9.20. The molecule has 0 aliphatic carbocycles. The van der Waals surface area contributed by atoms with Crippen molar-refractivity contribution in [1.29, 1.82) is 0 Å². The number of hydrogen-bond acceptors (Lipinski definition) is 5. The fourth-order valence-electron chi connectivity index (χ4n) is 1.82. The SMILES string of the molecule is CCOC(=O)c1ccc(N)c(NCCCCCOC)c1. The van der Waals surface area contributed by atoms with Crippen LogP contribution >= 0.6 is 0 Å². The third-order valence-electron chi connectivity index (χ3n) is 2.91. The maximum absolute atomic E-state index is 11.7. The Kier molecular flexibility index (Phi) is 7.50. The van der Waals surface area contributed by atoms with Crippen LogP contribution in [0.1, 0.15) is 36.5 Å². The molecule has 112 valence electrons. The van der Waals surface area contributed by atoms with Gasteiger partial charge in [0.25, 0.3) is 0 Å². The lowest BCUT2D eigenvalue weighted by molar-refractivity contribution is 0.0526. The van der Waals surface area contributed by atoms with Crippen LogP contribution in [0.3, 0.4) is 0 Å². The molecule has 0 aliphatic rings. The highest BCUT2D eigenvalue weighted by molar-refractivity contribution is 5.92. The Bertz CT molecular complexity index is 422. The van der Waals surface area contributed by atoms with Crippen LogP contribution in [0.5, 0.6) is 0 Å². The van der Waals surface area contributed by atoms with Crippen molar-refractivity contribution in [3.05, 3.63) is 23.8 Å². The van der Waals surface area contributed by atoms with E-state index in [0.717, 1.165) is 38.1 Å². The van der Waals surface area contributed by atoms with E-state index >= 15 is 0 Å². The van der Waals surface area contributed by atoms with E-state index in [4.69, 9.17) is 15.2 Å². The first-order valence-corrected chi connectivity index (χ1v) is 6.98. The second-order valence-corrected chi connectivity index (χ2v) is 4.50. The second-order valence-electron chi connectivity index (χ2n) is 4.50. The number of nitrogens with two attached hydrogens (primary N) is 1. The predicted molar refractivity (Wildman–Crippen MR) is 81.0 cm³/mol. The van der Waals surface area contributed by atoms with E-state index in [-0.39, 0.29) is 5.97 Å². The summed E-state index contributed by atoms with van der Waals surface area (Å²) < 4.78 is 9.97. The molecule has 1 aromatic rings. The van der Waals surface area contributed by atoms with Crippen molar-refractivity contribution >= 4 is 17.3 Å². The summed E-state index contributed by atoms with van der Waals surface area (Å²) in [5, 5.41) is 3.25. The number of esters is 1. The first-order chi connectivity index (χ1) is 9.69. The van der Waals surface area contributed by atoms with Gasteiger partial charge in [0.1, 0.15) is 0 Å². The van der Waals surface area contributed by atoms with Crippen LogP contribution in [0.2, 0.25) is 0 Å². The lowest BCUT2D eigenvalue weighted by Crippen LogP contribution is -2.08. The highest BCUT2D eigenvalue weighted by atomic mass is 16.5. The van der Waals surface area contributed by atoms with Crippen LogP contribution in [0, 0.1) is 0 Å². The lowest BCUT2D eigenvalue weighted by atomic mass is 10.1. The van der Waals surface area contributed by atoms with Crippen LogP contribution in [-0.2, 0) is 9.47 Å². The molecule has 0 spiro atoms. The molecule has 5 nitrogen and oxygen atoms in total. The van der Waals surface area contributed by atoms with Crippen LogP contribution in [-0.4, -0.2) is 32.8 Å². The van der Waals surface area contributed by atoms with Gasteiger partial charge in [-0.05, 0) is 44.4 Å². The van der Waals surface area contributed by atoms with Gasteiger partial charge in [0.2, 0.25) is 0 Å². The van der Waals surface area contributed by atoms with Crippen LogP contribution < -0.4 is 11.1 Å². The number of carbonyl (C=O) groups excluding carboxylic acids is 1. The molecule has 1 rings (SSSR count). The van der Waals surface area contributed by atoms with Gasteiger partial charge in [-0.1, -0.05) is 0 Å². The van der Waals surface area contributed by atoms with E-state index in [1.165, 1.54) is 0 Å². The third kappa shape index (κ3) is 5.48. The zero-order valence-electron chi connectivity index (χ0n) is 12.3. The minimum Gasteiger partial charge on any atom is -0.462 e. The summed E-state index contributed by atoms with van der Waals surface area (Å²) >= 11 is 0. The Hall–Kier alpha value is -1.75. The summed E-state index contributed by atoms with van der Waals surface area (Å²) in [7, 11) is 1.71. The zero-order chi connectivity index (χ0) is 14.8. The molecule has 0 heterocycles. The quantitative estimate of drug-likeness (QED) is 0.413. The minimum atomic E-state index is -0.323. The fourth-order valence-corrected chi connectivity index (χ4v) is 1.82. The van der Waals surface area contributed by atoms with Crippen molar-refractivity contribution < 1.29 is 14.3 Å². The number of rotatable bonds is 9. The molecule has 0 saturated carbocycles. The van der Waals surface area contributed by atoms with Gasteiger partial charge < -0.3 is 20.5 Å². The van der Waals surface area contributed by atoms with Gasteiger partial charge in [0.15, 0.2) is 0 Å². The number of nitrogen functional groups attached to an aromatic ring is 1. The fraction of sp³-hybridized carbons (Fsp3) is 0.533. The molecule has 5 heteroatoms. The smallest absolute Gasteiger partial charge is 0.338 e. The molecule has 0 unspecified atom stereocenters. The van der Waals surface area contributed by atoms with E-state index < -0.39 is 0 Å². The molecular weight excluding hydrogens is 256 g/mol. The van der Waals surface area contributed by atoms with Gasteiger partial charge in [0.05, 0.1) is 23.5 Å². The van der Waals surface area contributed by atoms with Crippen LogP contribution in [0.4, 0.5) is 11.4 Å². The third-order valence-corrected chi connectivity index (χ3v) is 2.91. The Morgan fingerprint density at radius 3 is 2.80 bits per heavy atom. The summed E-state index contributed by atoms with van der Waals surface area (Å²) in [5.74, 6) is -0.323. The molecule has 0 amide bonds. The van der Waals surface area contributed by atoms with E-state index in [1.807, 2.05) is 0 Å². The van der Waals surface area contributed by atoms with Crippen molar-refractivity contribution in [2.75, 3.05) is 37.9 Å². The number of benzene rings is 1. The molecule has 0 bridgehead atoms. The zero-order valence-corrected chi connectivity index (χ0v) is 12.3. The number of anilines is 2.